The van der Waals surface area contributed by atoms with E-state index in [9.17, 15) is 4.79 Å². The number of hydrogen-bond acceptors (Lipinski definition) is 7. The Morgan fingerprint density at radius 1 is 1.26 bits per heavy atom. The maximum Gasteiger partial charge on any atom is 0.259 e. The van der Waals surface area contributed by atoms with Crippen LogP contribution in [-0.4, -0.2) is 30.8 Å². The van der Waals surface area contributed by atoms with Crippen molar-refractivity contribution in [1.29, 1.82) is 0 Å². The molecular formula is C18H16N6O2S. The maximum absolute atomic E-state index is 12.4. The molecule has 9 heteroatoms. The summed E-state index contributed by atoms with van der Waals surface area (Å²) in [6.07, 6.45) is 3.19. The molecule has 136 valence electrons. The topological polar surface area (TPSA) is 98.7 Å². The fraction of sp³-hybridized carbons (Fsp3) is 0.167. The predicted octanol–water partition coefficient (Wildman–Crippen LogP) is 2.93. The van der Waals surface area contributed by atoms with Crippen LogP contribution in [0.25, 0.3) is 17.3 Å². The van der Waals surface area contributed by atoms with Crippen LogP contribution in [0.2, 0.25) is 0 Å². The number of rotatable bonds is 5. The summed E-state index contributed by atoms with van der Waals surface area (Å²) in [5, 5.41) is 13.0. The molecule has 4 rings (SSSR count). The molecule has 0 aromatic carbocycles. The molecule has 0 aliphatic carbocycles. The minimum absolute atomic E-state index is 0.162. The molecule has 0 saturated heterocycles. The lowest BCUT2D eigenvalue weighted by molar-refractivity contribution is 0.0950. The van der Waals surface area contributed by atoms with Crippen LogP contribution in [0.3, 0.4) is 0 Å². The van der Waals surface area contributed by atoms with Crippen molar-refractivity contribution in [2.45, 2.75) is 20.4 Å². The number of pyridine rings is 1. The summed E-state index contributed by atoms with van der Waals surface area (Å²) in [6, 6.07) is 7.56. The second-order valence-corrected chi connectivity index (χ2v) is 6.90. The molecule has 27 heavy (non-hydrogen) atoms. The van der Waals surface area contributed by atoms with E-state index in [1.807, 2.05) is 30.5 Å². The third kappa shape index (κ3) is 3.49. The summed E-state index contributed by atoms with van der Waals surface area (Å²) < 4.78 is 6.76. The fourth-order valence-corrected chi connectivity index (χ4v) is 3.24. The molecule has 0 radical (unpaired) electrons. The Labute approximate surface area is 158 Å². The molecule has 0 fully saturated rings. The number of nitrogens with zero attached hydrogens (tertiary/aromatic N) is 5. The van der Waals surface area contributed by atoms with Gasteiger partial charge < -0.3 is 9.84 Å². The maximum atomic E-state index is 12.4. The predicted molar refractivity (Wildman–Crippen MR) is 99.6 cm³/mol. The number of aryl methyl sites for hydroxylation is 1. The standard InChI is InChI=1S/C18H16N6O2S/c1-11-15(17(25)20-9-14-4-3-7-27-14)10-21-24(11)16-6-5-13(8-19-16)18-22-12(2)23-26-18/h3-8,10H,9H2,1-2H3,(H,20,25). The summed E-state index contributed by atoms with van der Waals surface area (Å²) in [4.78, 5) is 22.1. The van der Waals surface area contributed by atoms with Gasteiger partial charge in [-0.25, -0.2) is 9.67 Å². The summed E-state index contributed by atoms with van der Waals surface area (Å²) in [6.45, 7) is 4.09. The lowest BCUT2D eigenvalue weighted by Gasteiger charge is -2.06. The van der Waals surface area contributed by atoms with Crippen molar-refractivity contribution in [2.24, 2.45) is 0 Å². The van der Waals surface area contributed by atoms with E-state index in [2.05, 4.69) is 25.5 Å². The number of aromatic nitrogens is 5. The summed E-state index contributed by atoms with van der Waals surface area (Å²) in [5.74, 6) is 1.42. The molecule has 0 saturated carbocycles. The van der Waals surface area contributed by atoms with Gasteiger partial charge in [0.15, 0.2) is 11.6 Å². The Morgan fingerprint density at radius 3 is 2.81 bits per heavy atom. The minimum atomic E-state index is -0.162. The highest BCUT2D eigenvalue weighted by atomic mass is 32.1. The number of carbonyl (C=O) groups is 1. The molecule has 0 spiro atoms. The van der Waals surface area contributed by atoms with Gasteiger partial charge in [-0.2, -0.15) is 10.1 Å². The average Bonchev–Trinajstić information content (AvgIpc) is 3.41. The molecule has 0 bridgehead atoms. The molecule has 4 heterocycles. The summed E-state index contributed by atoms with van der Waals surface area (Å²) >= 11 is 1.60. The van der Waals surface area contributed by atoms with Gasteiger partial charge in [-0.3, -0.25) is 4.79 Å². The molecule has 0 unspecified atom stereocenters. The third-order valence-corrected chi connectivity index (χ3v) is 4.87. The third-order valence-electron chi connectivity index (χ3n) is 4.00. The van der Waals surface area contributed by atoms with Crippen LogP contribution in [0.5, 0.6) is 0 Å². The van der Waals surface area contributed by atoms with Gasteiger partial charge in [-0.15, -0.1) is 11.3 Å². The molecule has 0 aliphatic heterocycles. The Balaban J connectivity index is 1.52. The van der Waals surface area contributed by atoms with Gasteiger partial charge in [0.2, 0.25) is 0 Å². The van der Waals surface area contributed by atoms with E-state index < -0.39 is 0 Å². The molecule has 1 amide bonds. The second kappa shape index (κ2) is 7.12. The van der Waals surface area contributed by atoms with Gasteiger partial charge in [-0.1, -0.05) is 11.2 Å². The molecule has 0 aliphatic rings. The number of amides is 1. The van der Waals surface area contributed by atoms with Crippen LogP contribution >= 0.6 is 11.3 Å². The van der Waals surface area contributed by atoms with E-state index in [-0.39, 0.29) is 5.91 Å². The highest BCUT2D eigenvalue weighted by Crippen LogP contribution is 2.19. The number of nitrogens with one attached hydrogen (secondary N) is 1. The first kappa shape index (κ1) is 17.1. The van der Waals surface area contributed by atoms with Crippen molar-refractivity contribution in [2.75, 3.05) is 0 Å². The van der Waals surface area contributed by atoms with Crippen molar-refractivity contribution in [1.82, 2.24) is 30.2 Å². The van der Waals surface area contributed by atoms with E-state index in [0.717, 1.165) is 10.4 Å². The molecule has 8 nitrogen and oxygen atoms in total. The number of hydrogen-bond donors (Lipinski definition) is 1. The van der Waals surface area contributed by atoms with Gasteiger partial charge in [0.05, 0.1) is 29.6 Å². The van der Waals surface area contributed by atoms with Crippen LogP contribution in [0, 0.1) is 13.8 Å². The van der Waals surface area contributed by atoms with Crippen molar-refractivity contribution in [3.8, 4) is 17.3 Å². The second-order valence-electron chi connectivity index (χ2n) is 5.87. The number of thiophene rings is 1. The minimum Gasteiger partial charge on any atom is -0.347 e. The van der Waals surface area contributed by atoms with E-state index in [4.69, 9.17) is 4.52 Å². The van der Waals surface area contributed by atoms with Crippen molar-refractivity contribution >= 4 is 17.2 Å². The van der Waals surface area contributed by atoms with Gasteiger partial charge >= 0.3 is 0 Å². The van der Waals surface area contributed by atoms with E-state index in [1.54, 1.807) is 41.4 Å². The Hall–Kier alpha value is -3.33. The van der Waals surface area contributed by atoms with E-state index in [1.165, 1.54) is 0 Å². The fourth-order valence-electron chi connectivity index (χ4n) is 2.59. The van der Waals surface area contributed by atoms with Crippen LogP contribution in [0.1, 0.15) is 26.8 Å². The van der Waals surface area contributed by atoms with Gasteiger partial charge in [0.25, 0.3) is 11.8 Å². The SMILES string of the molecule is Cc1noc(-c2ccc(-n3ncc(C(=O)NCc4cccs4)c3C)nc2)n1. The largest absolute Gasteiger partial charge is 0.347 e. The molecule has 1 N–H and O–H groups in total. The van der Waals surface area contributed by atoms with Crippen molar-refractivity contribution in [3.05, 3.63) is 64.0 Å². The van der Waals surface area contributed by atoms with Crippen molar-refractivity contribution < 1.29 is 9.32 Å². The zero-order valence-corrected chi connectivity index (χ0v) is 15.5. The first-order valence-corrected chi connectivity index (χ1v) is 9.12. The quantitative estimate of drug-likeness (QED) is 0.571. The van der Waals surface area contributed by atoms with Crippen molar-refractivity contribution in [3.63, 3.8) is 0 Å². The monoisotopic (exact) mass is 380 g/mol. The first-order valence-electron chi connectivity index (χ1n) is 8.24. The molecule has 0 atom stereocenters. The van der Waals surface area contributed by atoms with Crippen LogP contribution < -0.4 is 5.32 Å². The Morgan fingerprint density at radius 2 is 2.15 bits per heavy atom. The highest BCUT2D eigenvalue weighted by Gasteiger charge is 2.16. The van der Waals surface area contributed by atoms with Gasteiger partial charge in [-0.05, 0) is 37.4 Å². The van der Waals surface area contributed by atoms with E-state index >= 15 is 0 Å². The normalized spacial score (nSPS) is 10.9. The zero-order valence-electron chi connectivity index (χ0n) is 14.7. The smallest absolute Gasteiger partial charge is 0.259 e. The lowest BCUT2D eigenvalue weighted by Crippen LogP contribution is -2.22. The van der Waals surface area contributed by atoms with E-state index in [0.29, 0.717) is 35.3 Å². The number of carbonyl (C=O) groups excluding carboxylic acids is 1. The van der Waals surface area contributed by atoms with Gasteiger partial charge in [0, 0.05) is 11.1 Å². The van der Waals surface area contributed by atoms with Crippen LogP contribution in [-0.2, 0) is 6.54 Å². The Kier molecular flexibility index (Phi) is 4.51. The highest BCUT2D eigenvalue weighted by molar-refractivity contribution is 7.09. The lowest BCUT2D eigenvalue weighted by atomic mass is 10.2. The first-order chi connectivity index (χ1) is 13.1. The average molecular weight is 380 g/mol. The van der Waals surface area contributed by atoms with Gasteiger partial charge in [0.1, 0.15) is 0 Å². The zero-order chi connectivity index (χ0) is 18.8. The summed E-state index contributed by atoms with van der Waals surface area (Å²) in [7, 11) is 0. The molecule has 4 aromatic heterocycles. The summed E-state index contributed by atoms with van der Waals surface area (Å²) in [5.41, 5.74) is 1.95. The molecular weight excluding hydrogens is 364 g/mol. The Bertz CT molecular complexity index is 1070. The van der Waals surface area contributed by atoms with Crippen LogP contribution in [0.15, 0.2) is 46.6 Å². The molecule has 4 aromatic rings. The van der Waals surface area contributed by atoms with Crippen LogP contribution in [0.4, 0.5) is 0 Å².